The van der Waals surface area contributed by atoms with Gasteiger partial charge in [0.25, 0.3) is 0 Å². The fourth-order valence-electron chi connectivity index (χ4n) is 3.23. The Morgan fingerprint density at radius 2 is 1.81 bits per heavy atom. The number of hydrogen-bond acceptors (Lipinski definition) is 7. The molecule has 0 atom stereocenters. The third-order valence-electron chi connectivity index (χ3n) is 4.78. The van der Waals surface area contributed by atoms with E-state index in [9.17, 15) is 9.59 Å². The molecule has 0 spiro atoms. The van der Waals surface area contributed by atoms with Crippen molar-refractivity contribution in [3.8, 4) is 11.5 Å². The number of ether oxygens (including phenoxy) is 2. The molecule has 0 fully saturated rings. The third-order valence-corrected chi connectivity index (χ3v) is 5.71. The Hall–Kier alpha value is -3.79. The molecule has 3 heterocycles. The monoisotopic (exact) mass is 449 g/mol. The number of carbonyl (C=O) groups is 1. The van der Waals surface area contributed by atoms with Crippen LogP contribution in [-0.4, -0.2) is 38.5 Å². The van der Waals surface area contributed by atoms with E-state index in [1.54, 1.807) is 30.3 Å². The fraction of sp³-hybridized carbons (Fsp3) is 0.182. The normalized spacial score (nSPS) is 12.7. The van der Waals surface area contributed by atoms with Gasteiger partial charge in [0.05, 0.1) is 0 Å². The first-order valence-electron chi connectivity index (χ1n) is 9.96. The first kappa shape index (κ1) is 20.1. The zero-order chi connectivity index (χ0) is 22.1. The van der Waals surface area contributed by atoms with Crippen molar-refractivity contribution >= 4 is 29.0 Å². The maximum atomic E-state index is 12.7. The van der Waals surface area contributed by atoms with Crippen molar-refractivity contribution < 1.29 is 14.3 Å². The summed E-state index contributed by atoms with van der Waals surface area (Å²) in [5.74, 6) is 0.819. The van der Waals surface area contributed by atoms with Crippen molar-refractivity contribution in [2.75, 3.05) is 18.5 Å². The predicted molar refractivity (Wildman–Crippen MR) is 119 cm³/mol. The summed E-state index contributed by atoms with van der Waals surface area (Å²) < 4.78 is 13.3. The Bertz CT molecular complexity index is 1360. The van der Waals surface area contributed by atoms with Crippen LogP contribution in [0.4, 0.5) is 5.69 Å². The number of fused-ring (bicyclic) bond motifs is 2. The van der Waals surface area contributed by atoms with Crippen LogP contribution in [0.1, 0.15) is 5.56 Å². The number of benzene rings is 2. The Balaban J connectivity index is 1.32. The summed E-state index contributed by atoms with van der Waals surface area (Å²) in [6.45, 7) is 2.74. The molecule has 4 aromatic rings. The molecule has 1 aliphatic rings. The van der Waals surface area contributed by atoms with Crippen LogP contribution in [0.3, 0.4) is 0 Å². The molecular weight excluding hydrogens is 430 g/mol. The van der Waals surface area contributed by atoms with Crippen molar-refractivity contribution in [3.05, 3.63) is 70.6 Å². The molecule has 9 nitrogen and oxygen atoms in total. The summed E-state index contributed by atoms with van der Waals surface area (Å²) in [7, 11) is 0. The number of amides is 1. The Morgan fingerprint density at radius 3 is 2.62 bits per heavy atom. The lowest BCUT2D eigenvalue weighted by atomic mass is 10.2. The quantitative estimate of drug-likeness (QED) is 0.500. The molecule has 10 heteroatoms. The molecule has 2 aromatic heterocycles. The number of rotatable bonds is 5. The van der Waals surface area contributed by atoms with Gasteiger partial charge in [0.15, 0.2) is 17.1 Å². The molecular formula is C22H19N5O4S. The molecule has 32 heavy (non-hydrogen) atoms. The van der Waals surface area contributed by atoms with E-state index in [-0.39, 0.29) is 12.5 Å². The summed E-state index contributed by atoms with van der Waals surface area (Å²) in [5, 5.41) is 12.0. The van der Waals surface area contributed by atoms with Gasteiger partial charge >= 0.3 is 5.69 Å². The minimum atomic E-state index is -0.483. The van der Waals surface area contributed by atoms with Crippen LogP contribution in [0, 0.1) is 6.92 Å². The van der Waals surface area contributed by atoms with Crippen LogP contribution in [0.5, 0.6) is 11.5 Å². The molecule has 1 amide bonds. The van der Waals surface area contributed by atoms with E-state index in [0.717, 1.165) is 9.58 Å². The second kappa shape index (κ2) is 8.39. The van der Waals surface area contributed by atoms with Gasteiger partial charge in [0.2, 0.25) is 5.91 Å². The van der Waals surface area contributed by atoms with Gasteiger partial charge < -0.3 is 14.8 Å². The molecule has 0 unspecified atom stereocenters. The summed E-state index contributed by atoms with van der Waals surface area (Å²) in [4.78, 5) is 26.2. The van der Waals surface area contributed by atoms with E-state index in [1.807, 2.05) is 31.2 Å². The highest BCUT2D eigenvalue weighted by Gasteiger charge is 2.15. The van der Waals surface area contributed by atoms with Gasteiger partial charge in [-0.05, 0) is 43.3 Å². The van der Waals surface area contributed by atoms with Crippen molar-refractivity contribution in [2.45, 2.75) is 23.4 Å². The second-order valence-corrected chi connectivity index (χ2v) is 8.30. The summed E-state index contributed by atoms with van der Waals surface area (Å²) in [6.07, 6.45) is 0. The number of nitrogens with zero attached hydrogens (tertiary/aromatic N) is 4. The van der Waals surface area contributed by atoms with Crippen LogP contribution < -0.4 is 20.5 Å². The summed E-state index contributed by atoms with van der Waals surface area (Å²) in [6, 6.07) is 16.7. The maximum Gasteiger partial charge on any atom is 0.367 e. The van der Waals surface area contributed by atoms with Crippen molar-refractivity contribution in [1.82, 2.24) is 19.4 Å². The van der Waals surface area contributed by atoms with E-state index >= 15 is 0 Å². The van der Waals surface area contributed by atoms with Gasteiger partial charge in [0, 0.05) is 16.6 Å². The van der Waals surface area contributed by atoms with E-state index in [2.05, 4.69) is 15.5 Å². The van der Waals surface area contributed by atoms with Crippen LogP contribution in [0.25, 0.3) is 5.65 Å². The molecule has 1 N–H and O–H groups in total. The fourth-order valence-corrected chi connectivity index (χ4v) is 4.01. The first-order valence-corrected chi connectivity index (χ1v) is 10.8. The largest absolute Gasteiger partial charge is 0.486 e. The number of hydrogen-bond donors (Lipinski definition) is 1. The topological polar surface area (TPSA) is 99.8 Å². The average molecular weight is 449 g/mol. The number of carbonyl (C=O) groups excluding carboxylic acids is 1. The van der Waals surface area contributed by atoms with Gasteiger partial charge in [-0.15, -0.1) is 5.10 Å². The molecule has 5 rings (SSSR count). The number of anilines is 1. The number of nitrogens with one attached hydrogen (secondary N) is 1. The zero-order valence-electron chi connectivity index (χ0n) is 17.1. The first-order chi connectivity index (χ1) is 15.5. The minimum absolute atomic E-state index is 0.239. The van der Waals surface area contributed by atoms with Gasteiger partial charge in [-0.2, -0.15) is 9.61 Å². The molecule has 2 aromatic carbocycles. The van der Waals surface area contributed by atoms with Crippen molar-refractivity contribution in [2.24, 2.45) is 0 Å². The highest BCUT2D eigenvalue weighted by molar-refractivity contribution is 7.99. The molecule has 0 bridgehead atoms. The summed E-state index contributed by atoms with van der Waals surface area (Å²) in [5.41, 5.74) is 1.61. The maximum absolute atomic E-state index is 12.7. The molecule has 162 valence electrons. The van der Waals surface area contributed by atoms with Crippen molar-refractivity contribution in [1.29, 1.82) is 0 Å². The van der Waals surface area contributed by atoms with Crippen molar-refractivity contribution in [3.63, 3.8) is 0 Å². The van der Waals surface area contributed by atoms with Gasteiger partial charge in [-0.3, -0.25) is 4.79 Å². The highest BCUT2D eigenvalue weighted by atomic mass is 32.2. The van der Waals surface area contributed by atoms with Crippen LogP contribution in [0.2, 0.25) is 0 Å². The average Bonchev–Trinajstić information content (AvgIpc) is 3.10. The lowest BCUT2D eigenvalue weighted by Crippen LogP contribution is -2.29. The molecule has 0 saturated carbocycles. The molecule has 1 aliphatic heterocycles. The highest BCUT2D eigenvalue weighted by Crippen LogP contribution is 2.32. The minimum Gasteiger partial charge on any atom is -0.486 e. The molecule has 0 saturated heterocycles. The van der Waals surface area contributed by atoms with E-state index in [0.29, 0.717) is 41.1 Å². The Kier molecular flexibility index (Phi) is 5.28. The summed E-state index contributed by atoms with van der Waals surface area (Å²) >= 11 is 1.45. The second-order valence-electron chi connectivity index (χ2n) is 7.20. The number of aromatic nitrogens is 4. The SMILES string of the molecule is Cc1ccc(Sc2ccc3nn(CC(=O)Nc4ccc5c(c4)OCCO5)c(=O)n3n2)cc1. The van der Waals surface area contributed by atoms with Crippen LogP contribution in [-0.2, 0) is 11.3 Å². The number of aryl methyl sites for hydroxylation is 1. The predicted octanol–water partition coefficient (Wildman–Crippen LogP) is 2.76. The Labute approximate surface area is 187 Å². The lowest BCUT2D eigenvalue weighted by molar-refractivity contribution is -0.117. The zero-order valence-corrected chi connectivity index (χ0v) is 18.0. The van der Waals surface area contributed by atoms with E-state index in [4.69, 9.17) is 9.47 Å². The van der Waals surface area contributed by atoms with E-state index < -0.39 is 5.69 Å². The molecule has 0 aliphatic carbocycles. The van der Waals surface area contributed by atoms with Gasteiger partial charge in [-0.25, -0.2) is 9.48 Å². The standard InChI is InChI=1S/C22H19N5O4S/c1-14-2-5-16(6-3-14)32-21-9-8-19-24-26(22(29)27(19)25-21)13-20(28)23-15-4-7-17-18(12-15)31-11-10-30-17/h2-9,12H,10-11,13H2,1H3,(H,23,28). The van der Waals surface area contributed by atoms with Gasteiger partial charge in [0.1, 0.15) is 24.8 Å². The third kappa shape index (κ3) is 4.17. The molecule has 0 radical (unpaired) electrons. The lowest BCUT2D eigenvalue weighted by Gasteiger charge is -2.18. The van der Waals surface area contributed by atoms with Gasteiger partial charge in [-0.1, -0.05) is 29.5 Å². The van der Waals surface area contributed by atoms with Crippen LogP contribution in [0.15, 0.2) is 69.3 Å². The van der Waals surface area contributed by atoms with E-state index in [1.165, 1.54) is 21.8 Å². The van der Waals surface area contributed by atoms with Crippen LogP contribution >= 0.6 is 11.8 Å². The Morgan fingerprint density at radius 1 is 1.03 bits per heavy atom. The smallest absolute Gasteiger partial charge is 0.367 e.